The molecule has 0 aliphatic carbocycles. The van der Waals surface area contributed by atoms with E-state index in [2.05, 4.69) is 29.1 Å². The zero-order valence-electron chi connectivity index (χ0n) is 17.9. The predicted octanol–water partition coefficient (Wildman–Crippen LogP) is 3.40. The van der Waals surface area contributed by atoms with E-state index in [1.165, 1.54) is 17.5 Å². The zero-order chi connectivity index (χ0) is 23.0. The number of thiophene rings is 1. The first-order valence-electron chi connectivity index (χ1n) is 9.76. The molecule has 2 rings (SSSR count). The van der Waals surface area contributed by atoms with Crippen molar-refractivity contribution >= 4 is 51.8 Å². The van der Waals surface area contributed by atoms with Crippen molar-refractivity contribution in [1.82, 2.24) is 9.97 Å². The Bertz CT molecular complexity index is 946. The van der Waals surface area contributed by atoms with E-state index < -0.39 is 11.9 Å². The van der Waals surface area contributed by atoms with Gasteiger partial charge in [-0.2, -0.15) is 0 Å². The Morgan fingerprint density at radius 3 is 2.48 bits per heavy atom. The summed E-state index contributed by atoms with van der Waals surface area (Å²) in [4.78, 5) is 44.7. The number of aromatic nitrogens is 2. The van der Waals surface area contributed by atoms with Crippen LogP contribution >= 0.6 is 23.1 Å². The van der Waals surface area contributed by atoms with Gasteiger partial charge in [-0.25, -0.2) is 19.6 Å². The number of esters is 2. The van der Waals surface area contributed by atoms with Gasteiger partial charge in [0.05, 0.1) is 24.5 Å². The van der Waals surface area contributed by atoms with Crippen molar-refractivity contribution < 1.29 is 23.9 Å². The van der Waals surface area contributed by atoms with Crippen LogP contribution in [0.2, 0.25) is 0 Å². The number of carbonyl (C=O) groups excluding carboxylic acids is 3. The normalized spacial score (nSPS) is 10.7. The third-order valence-corrected chi connectivity index (χ3v) is 5.66. The Morgan fingerprint density at radius 2 is 1.87 bits per heavy atom. The number of nitrogen functional groups attached to an aromatic ring is 1. The Balaban J connectivity index is 2.06. The van der Waals surface area contributed by atoms with Gasteiger partial charge in [0.1, 0.15) is 16.4 Å². The van der Waals surface area contributed by atoms with Crippen LogP contribution in [-0.2, 0) is 20.7 Å². The molecule has 0 aliphatic rings. The Morgan fingerprint density at radius 1 is 1.19 bits per heavy atom. The van der Waals surface area contributed by atoms with Crippen LogP contribution in [-0.4, -0.2) is 46.8 Å². The van der Waals surface area contributed by atoms with E-state index in [0.29, 0.717) is 22.9 Å². The molecule has 0 unspecified atom stereocenters. The number of hydrogen-bond donors (Lipinski definition) is 2. The second kappa shape index (κ2) is 11.7. The van der Waals surface area contributed by atoms with E-state index in [-0.39, 0.29) is 41.4 Å². The number of amides is 1. The molecule has 2 heterocycles. The van der Waals surface area contributed by atoms with E-state index in [4.69, 9.17) is 15.2 Å². The Hall–Kier alpha value is -2.66. The van der Waals surface area contributed by atoms with Crippen LogP contribution in [0.15, 0.2) is 16.7 Å². The lowest BCUT2D eigenvalue weighted by Crippen LogP contribution is -2.17. The molecule has 1 amide bonds. The summed E-state index contributed by atoms with van der Waals surface area (Å²) in [5, 5.41) is 5.34. The van der Waals surface area contributed by atoms with Crippen molar-refractivity contribution in [2.24, 2.45) is 5.92 Å². The van der Waals surface area contributed by atoms with Gasteiger partial charge in [0, 0.05) is 6.20 Å². The third kappa shape index (κ3) is 6.93. The maximum absolute atomic E-state index is 12.5. The smallest absolute Gasteiger partial charge is 0.343 e. The standard InChI is InChI=1S/C20H26N4O5S2/c1-5-28-18(26)13-8-22-20(24-16(13)21)31-10-14(25)23-17-15(19(27)29-6-2)12(9-30-17)7-11(3)4/h8-9,11H,5-7,10H2,1-4H3,(H,23,25)(H2,21,22,24). The van der Waals surface area contributed by atoms with Crippen LogP contribution in [0.3, 0.4) is 0 Å². The van der Waals surface area contributed by atoms with Crippen molar-refractivity contribution in [3.63, 3.8) is 0 Å². The van der Waals surface area contributed by atoms with Crippen LogP contribution < -0.4 is 11.1 Å². The van der Waals surface area contributed by atoms with E-state index in [9.17, 15) is 14.4 Å². The molecule has 0 bridgehead atoms. The molecule has 0 atom stereocenters. The van der Waals surface area contributed by atoms with Gasteiger partial charge in [-0.1, -0.05) is 25.6 Å². The number of nitrogens with one attached hydrogen (secondary N) is 1. The molecule has 2 aromatic heterocycles. The number of anilines is 2. The van der Waals surface area contributed by atoms with Gasteiger partial charge in [0.15, 0.2) is 5.16 Å². The summed E-state index contributed by atoms with van der Waals surface area (Å²) in [7, 11) is 0. The van der Waals surface area contributed by atoms with Gasteiger partial charge in [-0.15, -0.1) is 11.3 Å². The molecule has 0 spiro atoms. The first-order valence-corrected chi connectivity index (χ1v) is 11.6. The molecule has 9 nitrogen and oxygen atoms in total. The molecular weight excluding hydrogens is 440 g/mol. The first-order chi connectivity index (χ1) is 14.8. The molecule has 0 saturated heterocycles. The minimum absolute atomic E-state index is 0.00211. The van der Waals surface area contributed by atoms with Crippen LogP contribution in [0.5, 0.6) is 0 Å². The summed E-state index contributed by atoms with van der Waals surface area (Å²) in [6.07, 6.45) is 1.98. The Kier molecular flexibility index (Phi) is 9.25. The third-order valence-electron chi connectivity index (χ3n) is 3.85. The lowest BCUT2D eigenvalue weighted by Gasteiger charge is -2.10. The Labute approximate surface area is 189 Å². The second-order valence-electron chi connectivity index (χ2n) is 6.79. The lowest BCUT2D eigenvalue weighted by molar-refractivity contribution is -0.113. The number of thioether (sulfide) groups is 1. The van der Waals surface area contributed by atoms with E-state index >= 15 is 0 Å². The number of nitrogens with zero attached hydrogens (tertiary/aromatic N) is 2. The van der Waals surface area contributed by atoms with Crippen LogP contribution in [0, 0.1) is 5.92 Å². The van der Waals surface area contributed by atoms with Crippen LogP contribution in [0.4, 0.5) is 10.8 Å². The molecule has 0 saturated carbocycles. The van der Waals surface area contributed by atoms with Crippen LogP contribution in [0.1, 0.15) is 54.0 Å². The lowest BCUT2D eigenvalue weighted by atomic mass is 10.0. The summed E-state index contributed by atoms with van der Waals surface area (Å²) in [5.41, 5.74) is 7.12. The molecule has 168 valence electrons. The van der Waals surface area contributed by atoms with Gasteiger partial charge in [-0.3, -0.25) is 4.79 Å². The summed E-state index contributed by atoms with van der Waals surface area (Å²) >= 11 is 2.35. The summed E-state index contributed by atoms with van der Waals surface area (Å²) in [6, 6.07) is 0. The summed E-state index contributed by atoms with van der Waals surface area (Å²) in [6.45, 7) is 8.00. The topological polar surface area (TPSA) is 134 Å². The highest BCUT2D eigenvalue weighted by atomic mass is 32.2. The molecule has 2 aromatic rings. The number of nitrogens with two attached hydrogens (primary N) is 1. The molecule has 3 N–H and O–H groups in total. The highest BCUT2D eigenvalue weighted by Gasteiger charge is 2.22. The fourth-order valence-electron chi connectivity index (χ4n) is 2.61. The van der Waals surface area contributed by atoms with Crippen molar-refractivity contribution in [3.8, 4) is 0 Å². The average molecular weight is 467 g/mol. The number of carbonyl (C=O) groups is 3. The maximum Gasteiger partial charge on any atom is 0.343 e. The summed E-state index contributed by atoms with van der Waals surface area (Å²) < 4.78 is 10.0. The van der Waals surface area contributed by atoms with E-state index in [1.54, 1.807) is 13.8 Å². The molecule has 0 aliphatic heterocycles. The second-order valence-corrected chi connectivity index (χ2v) is 8.61. The van der Waals surface area contributed by atoms with E-state index in [0.717, 1.165) is 17.3 Å². The van der Waals surface area contributed by atoms with Crippen LogP contribution in [0.25, 0.3) is 0 Å². The zero-order valence-corrected chi connectivity index (χ0v) is 19.5. The van der Waals surface area contributed by atoms with Crippen molar-refractivity contribution in [3.05, 3.63) is 28.3 Å². The van der Waals surface area contributed by atoms with Crippen molar-refractivity contribution in [2.75, 3.05) is 30.0 Å². The fraction of sp³-hybridized carbons (Fsp3) is 0.450. The predicted molar refractivity (Wildman–Crippen MR) is 121 cm³/mol. The van der Waals surface area contributed by atoms with Crippen molar-refractivity contribution in [1.29, 1.82) is 0 Å². The van der Waals surface area contributed by atoms with Crippen molar-refractivity contribution in [2.45, 2.75) is 39.3 Å². The molecule has 31 heavy (non-hydrogen) atoms. The SMILES string of the molecule is CCOC(=O)c1cnc(SCC(=O)Nc2scc(CC(C)C)c2C(=O)OCC)nc1N. The minimum atomic E-state index is -0.601. The number of hydrogen-bond acceptors (Lipinski definition) is 10. The monoisotopic (exact) mass is 466 g/mol. The minimum Gasteiger partial charge on any atom is -0.462 e. The quantitative estimate of drug-likeness (QED) is 0.307. The van der Waals surface area contributed by atoms with Gasteiger partial charge < -0.3 is 20.5 Å². The van der Waals surface area contributed by atoms with E-state index in [1.807, 2.05) is 5.38 Å². The fourth-order valence-corrected chi connectivity index (χ4v) is 4.21. The maximum atomic E-state index is 12.5. The first kappa shape index (κ1) is 24.6. The molecule has 0 radical (unpaired) electrons. The van der Waals surface area contributed by atoms with Gasteiger partial charge in [0.2, 0.25) is 5.91 Å². The molecule has 0 fully saturated rings. The van der Waals surface area contributed by atoms with Gasteiger partial charge in [0.25, 0.3) is 0 Å². The summed E-state index contributed by atoms with van der Waals surface area (Å²) in [5.74, 6) is -1.05. The molecule has 0 aromatic carbocycles. The number of ether oxygens (including phenoxy) is 2. The average Bonchev–Trinajstić information content (AvgIpc) is 3.08. The largest absolute Gasteiger partial charge is 0.462 e. The van der Waals surface area contributed by atoms with Gasteiger partial charge >= 0.3 is 11.9 Å². The highest BCUT2D eigenvalue weighted by Crippen LogP contribution is 2.31. The molecule has 11 heteroatoms. The highest BCUT2D eigenvalue weighted by molar-refractivity contribution is 7.99. The van der Waals surface area contributed by atoms with Gasteiger partial charge in [-0.05, 0) is 37.1 Å². The molecular formula is C20H26N4O5S2. The number of rotatable bonds is 10.